The molecule has 2 aliphatic heterocycles. The third-order valence-corrected chi connectivity index (χ3v) is 4.23. The van der Waals surface area contributed by atoms with Crippen LogP contribution in [0.4, 0.5) is 11.4 Å². The normalized spacial score (nSPS) is 22.4. The first-order valence-corrected chi connectivity index (χ1v) is 7.80. The molecule has 2 heterocycles. The van der Waals surface area contributed by atoms with Crippen LogP contribution < -0.4 is 20.9 Å². The first kappa shape index (κ1) is 14.8. The van der Waals surface area contributed by atoms with E-state index in [1.54, 1.807) is 0 Å². The highest BCUT2D eigenvalue weighted by molar-refractivity contribution is 6.01. The second-order valence-electron chi connectivity index (χ2n) is 5.89. The van der Waals surface area contributed by atoms with Crippen molar-refractivity contribution in [1.82, 2.24) is 10.6 Å². The van der Waals surface area contributed by atoms with E-state index in [9.17, 15) is 9.59 Å². The molecule has 3 rings (SSSR count). The highest BCUT2D eigenvalue weighted by atomic mass is 16.2. The first-order valence-electron chi connectivity index (χ1n) is 7.80. The maximum atomic E-state index is 11.8. The molecule has 6 nitrogen and oxygen atoms in total. The summed E-state index contributed by atoms with van der Waals surface area (Å²) in [6, 6.07) is 5.85. The van der Waals surface area contributed by atoms with Crippen molar-refractivity contribution < 1.29 is 9.59 Å². The molecule has 6 heteroatoms. The monoisotopic (exact) mass is 302 g/mol. The molecule has 1 unspecified atom stereocenters. The number of amides is 2. The lowest BCUT2D eigenvalue weighted by Gasteiger charge is -2.31. The Hall–Kier alpha value is -2.08. The molecule has 118 valence electrons. The van der Waals surface area contributed by atoms with Crippen LogP contribution >= 0.6 is 0 Å². The molecule has 0 saturated carbocycles. The molecule has 2 aliphatic rings. The fraction of sp³-hybridized carbons (Fsp3) is 0.500. The summed E-state index contributed by atoms with van der Waals surface area (Å²) in [5.74, 6) is -0.423. The number of carbonyl (C=O) groups is 2. The molecular formula is C16H22N4O2. The van der Waals surface area contributed by atoms with Gasteiger partial charge in [-0.1, -0.05) is 0 Å². The van der Waals surface area contributed by atoms with Gasteiger partial charge >= 0.3 is 0 Å². The van der Waals surface area contributed by atoms with E-state index < -0.39 is 0 Å². The van der Waals surface area contributed by atoms with Gasteiger partial charge in [-0.3, -0.25) is 14.9 Å². The minimum atomic E-state index is -0.331. The number of rotatable bonds is 3. The van der Waals surface area contributed by atoms with Gasteiger partial charge in [0.1, 0.15) is 6.04 Å². The first-order chi connectivity index (χ1) is 10.6. The lowest BCUT2D eigenvalue weighted by atomic mass is 10.0. The summed E-state index contributed by atoms with van der Waals surface area (Å²) in [5.41, 5.74) is 3.36. The largest absolute Gasteiger partial charge is 0.374 e. The van der Waals surface area contributed by atoms with Gasteiger partial charge in [-0.25, -0.2) is 0 Å². The Morgan fingerprint density at radius 2 is 2.00 bits per heavy atom. The molecular weight excluding hydrogens is 280 g/mol. The number of anilines is 2. The SMILES string of the molecule is Cc1cc(NC2CCC(=O)NC2=O)ccc1N1CCNCC1. The summed E-state index contributed by atoms with van der Waals surface area (Å²) in [6.07, 6.45) is 0.935. The Morgan fingerprint density at radius 3 is 2.68 bits per heavy atom. The van der Waals surface area contributed by atoms with Crippen molar-refractivity contribution in [3.8, 4) is 0 Å². The van der Waals surface area contributed by atoms with Crippen molar-refractivity contribution in [2.24, 2.45) is 0 Å². The van der Waals surface area contributed by atoms with Crippen molar-refractivity contribution in [3.63, 3.8) is 0 Å². The van der Waals surface area contributed by atoms with Crippen molar-refractivity contribution in [1.29, 1.82) is 0 Å². The number of carbonyl (C=O) groups excluding carboxylic acids is 2. The smallest absolute Gasteiger partial charge is 0.249 e. The average molecular weight is 302 g/mol. The van der Waals surface area contributed by atoms with E-state index in [2.05, 4.69) is 39.9 Å². The highest BCUT2D eigenvalue weighted by Gasteiger charge is 2.26. The van der Waals surface area contributed by atoms with Crippen molar-refractivity contribution in [2.45, 2.75) is 25.8 Å². The zero-order valence-corrected chi connectivity index (χ0v) is 12.8. The number of hydrogen-bond donors (Lipinski definition) is 3. The van der Waals surface area contributed by atoms with E-state index >= 15 is 0 Å². The topological polar surface area (TPSA) is 73.5 Å². The fourth-order valence-corrected chi connectivity index (χ4v) is 3.04. The summed E-state index contributed by atoms with van der Waals surface area (Å²) >= 11 is 0. The lowest BCUT2D eigenvalue weighted by molar-refractivity contribution is -0.133. The predicted octanol–water partition coefficient (Wildman–Crippen LogP) is 0.622. The Balaban J connectivity index is 1.69. The molecule has 1 aromatic rings. The van der Waals surface area contributed by atoms with Gasteiger partial charge in [0.25, 0.3) is 0 Å². The summed E-state index contributed by atoms with van der Waals surface area (Å²) in [7, 11) is 0. The van der Waals surface area contributed by atoms with Crippen LogP contribution in [-0.4, -0.2) is 44.0 Å². The van der Waals surface area contributed by atoms with Crippen LogP contribution in [0, 0.1) is 6.92 Å². The van der Waals surface area contributed by atoms with E-state index in [0.717, 1.165) is 31.9 Å². The molecule has 2 amide bonds. The van der Waals surface area contributed by atoms with Crippen LogP contribution in [0.15, 0.2) is 18.2 Å². The number of piperazine rings is 1. The molecule has 2 fully saturated rings. The Kier molecular flexibility index (Phi) is 4.29. The van der Waals surface area contributed by atoms with Crippen molar-refractivity contribution in [2.75, 3.05) is 36.4 Å². The minimum absolute atomic E-state index is 0.187. The molecule has 0 radical (unpaired) electrons. The zero-order valence-electron chi connectivity index (χ0n) is 12.8. The van der Waals surface area contributed by atoms with Crippen LogP contribution in [0.1, 0.15) is 18.4 Å². The van der Waals surface area contributed by atoms with E-state index in [-0.39, 0.29) is 17.9 Å². The predicted molar refractivity (Wildman–Crippen MR) is 86.1 cm³/mol. The second-order valence-corrected chi connectivity index (χ2v) is 5.89. The number of imide groups is 1. The van der Waals surface area contributed by atoms with E-state index in [1.165, 1.54) is 11.3 Å². The Morgan fingerprint density at radius 1 is 1.23 bits per heavy atom. The standard InChI is InChI=1S/C16H22N4O2/c1-11-10-12(18-13-3-5-15(21)19-16(13)22)2-4-14(11)20-8-6-17-7-9-20/h2,4,10,13,17-18H,3,5-9H2,1H3,(H,19,21,22). The van der Waals surface area contributed by atoms with Gasteiger partial charge < -0.3 is 15.5 Å². The molecule has 0 bridgehead atoms. The van der Waals surface area contributed by atoms with Crippen molar-refractivity contribution in [3.05, 3.63) is 23.8 Å². The van der Waals surface area contributed by atoms with Gasteiger partial charge in [-0.15, -0.1) is 0 Å². The lowest BCUT2D eigenvalue weighted by Crippen LogP contribution is -2.47. The Labute approximate surface area is 130 Å². The zero-order chi connectivity index (χ0) is 15.5. The molecule has 22 heavy (non-hydrogen) atoms. The van der Waals surface area contributed by atoms with Crippen LogP contribution in [0.2, 0.25) is 0 Å². The summed E-state index contributed by atoms with van der Waals surface area (Å²) in [4.78, 5) is 25.4. The summed E-state index contributed by atoms with van der Waals surface area (Å²) < 4.78 is 0. The van der Waals surface area contributed by atoms with Crippen molar-refractivity contribution >= 4 is 23.2 Å². The van der Waals surface area contributed by atoms with Crippen LogP contribution in [0.25, 0.3) is 0 Å². The van der Waals surface area contributed by atoms with Gasteiger partial charge in [0, 0.05) is 44.0 Å². The maximum absolute atomic E-state index is 11.8. The third kappa shape index (κ3) is 3.22. The Bertz CT molecular complexity index is 582. The van der Waals surface area contributed by atoms with Gasteiger partial charge in [-0.05, 0) is 37.1 Å². The average Bonchev–Trinajstić information content (AvgIpc) is 2.51. The molecule has 1 atom stereocenters. The highest BCUT2D eigenvalue weighted by Crippen LogP contribution is 2.25. The van der Waals surface area contributed by atoms with E-state index in [4.69, 9.17) is 0 Å². The number of piperidine rings is 1. The number of benzene rings is 1. The minimum Gasteiger partial charge on any atom is -0.374 e. The van der Waals surface area contributed by atoms with Crippen LogP contribution in [0.3, 0.4) is 0 Å². The van der Waals surface area contributed by atoms with Gasteiger partial charge in [-0.2, -0.15) is 0 Å². The number of nitrogens with one attached hydrogen (secondary N) is 3. The van der Waals surface area contributed by atoms with Gasteiger partial charge in [0.2, 0.25) is 11.8 Å². The van der Waals surface area contributed by atoms with Gasteiger partial charge in [0.15, 0.2) is 0 Å². The maximum Gasteiger partial charge on any atom is 0.249 e. The van der Waals surface area contributed by atoms with Gasteiger partial charge in [0.05, 0.1) is 0 Å². The molecule has 0 aliphatic carbocycles. The molecule has 0 aromatic heterocycles. The number of aryl methyl sites for hydroxylation is 1. The fourth-order valence-electron chi connectivity index (χ4n) is 3.04. The molecule has 1 aromatic carbocycles. The van der Waals surface area contributed by atoms with E-state index in [1.807, 2.05) is 6.07 Å². The number of hydrogen-bond acceptors (Lipinski definition) is 5. The summed E-state index contributed by atoms with van der Waals surface area (Å²) in [6.45, 7) is 6.14. The van der Waals surface area contributed by atoms with Crippen LogP contribution in [0.5, 0.6) is 0 Å². The second kappa shape index (κ2) is 6.36. The third-order valence-electron chi connectivity index (χ3n) is 4.23. The number of nitrogens with zero attached hydrogens (tertiary/aromatic N) is 1. The van der Waals surface area contributed by atoms with Crippen LogP contribution in [-0.2, 0) is 9.59 Å². The molecule has 0 spiro atoms. The summed E-state index contributed by atoms with van der Waals surface area (Å²) in [5, 5.41) is 8.95. The quantitative estimate of drug-likeness (QED) is 0.714. The molecule has 3 N–H and O–H groups in total. The van der Waals surface area contributed by atoms with E-state index in [0.29, 0.717) is 12.8 Å². The molecule has 2 saturated heterocycles.